The second-order valence-corrected chi connectivity index (χ2v) is 7.42. The smallest absolute Gasteiger partial charge is 0.231 e. The quantitative estimate of drug-likeness (QED) is 0.649. The van der Waals surface area contributed by atoms with E-state index in [0.29, 0.717) is 28.9 Å². The molecule has 0 radical (unpaired) electrons. The summed E-state index contributed by atoms with van der Waals surface area (Å²) in [5, 5.41) is 1.01. The van der Waals surface area contributed by atoms with E-state index in [0.717, 1.165) is 29.3 Å². The highest BCUT2D eigenvalue weighted by Gasteiger charge is 2.24. The van der Waals surface area contributed by atoms with Gasteiger partial charge in [-0.25, -0.2) is 9.97 Å². The summed E-state index contributed by atoms with van der Waals surface area (Å²) >= 11 is 1.74. The van der Waals surface area contributed by atoms with Crippen LogP contribution in [0.5, 0.6) is 17.4 Å². The minimum atomic E-state index is 0.508. The van der Waals surface area contributed by atoms with Crippen molar-refractivity contribution >= 4 is 27.8 Å². The molecule has 0 aliphatic heterocycles. The first-order valence-corrected chi connectivity index (χ1v) is 9.07. The minimum absolute atomic E-state index is 0.508. The molecule has 2 heterocycles. The molecule has 0 unspecified atom stereocenters. The first-order chi connectivity index (χ1) is 12.2. The highest BCUT2D eigenvalue weighted by atomic mass is 32.1. The third-order valence-corrected chi connectivity index (χ3v) is 5.75. The summed E-state index contributed by atoms with van der Waals surface area (Å²) in [6, 6.07) is 5.09. The molecule has 1 aromatic carbocycles. The maximum Gasteiger partial charge on any atom is 0.231 e. The first kappa shape index (κ1) is 16.0. The molecule has 128 valence electrons. The SMILES string of the molecule is COc1cc(C=O)ccc1Oc1ncnc2sc3c(c12)CC[C@@H](C)C3. The number of benzene rings is 1. The second kappa shape index (κ2) is 6.44. The Morgan fingerprint density at radius 3 is 2.96 bits per heavy atom. The summed E-state index contributed by atoms with van der Waals surface area (Å²) in [4.78, 5) is 22.1. The minimum Gasteiger partial charge on any atom is -0.493 e. The van der Waals surface area contributed by atoms with Crippen molar-refractivity contribution in [3.8, 4) is 17.4 Å². The zero-order valence-corrected chi connectivity index (χ0v) is 14.9. The summed E-state index contributed by atoms with van der Waals surface area (Å²) in [6.07, 6.45) is 5.61. The lowest BCUT2D eigenvalue weighted by molar-refractivity contribution is 0.112. The van der Waals surface area contributed by atoms with E-state index in [9.17, 15) is 4.79 Å². The average molecular weight is 354 g/mol. The van der Waals surface area contributed by atoms with E-state index < -0.39 is 0 Å². The molecule has 1 atom stereocenters. The van der Waals surface area contributed by atoms with E-state index >= 15 is 0 Å². The number of ether oxygens (including phenoxy) is 2. The van der Waals surface area contributed by atoms with Crippen LogP contribution in [0, 0.1) is 5.92 Å². The van der Waals surface area contributed by atoms with Crippen LogP contribution < -0.4 is 9.47 Å². The van der Waals surface area contributed by atoms with Gasteiger partial charge in [0.15, 0.2) is 11.5 Å². The molecule has 0 amide bonds. The van der Waals surface area contributed by atoms with Crippen LogP contribution in [0.2, 0.25) is 0 Å². The fourth-order valence-electron chi connectivity index (χ4n) is 3.27. The molecule has 2 aromatic heterocycles. The average Bonchev–Trinajstić information content (AvgIpc) is 3.00. The topological polar surface area (TPSA) is 61.3 Å². The largest absolute Gasteiger partial charge is 0.493 e. The van der Waals surface area contributed by atoms with Gasteiger partial charge >= 0.3 is 0 Å². The summed E-state index contributed by atoms with van der Waals surface area (Å²) in [7, 11) is 1.56. The molecular weight excluding hydrogens is 336 g/mol. The van der Waals surface area contributed by atoms with Gasteiger partial charge in [-0.1, -0.05) is 6.92 Å². The van der Waals surface area contributed by atoms with Gasteiger partial charge in [-0.3, -0.25) is 4.79 Å². The first-order valence-electron chi connectivity index (χ1n) is 8.26. The van der Waals surface area contributed by atoms with E-state index in [2.05, 4.69) is 16.9 Å². The third kappa shape index (κ3) is 2.87. The number of nitrogens with zero attached hydrogens (tertiary/aromatic N) is 2. The Bertz CT molecular complexity index is 951. The van der Waals surface area contributed by atoms with Crippen molar-refractivity contribution in [1.82, 2.24) is 9.97 Å². The van der Waals surface area contributed by atoms with Gasteiger partial charge in [0.05, 0.1) is 12.5 Å². The fourth-order valence-corrected chi connectivity index (χ4v) is 4.61. The van der Waals surface area contributed by atoms with E-state index in [1.807, 2.05) is 0 Å². The van der Waals surface area contributed by atoms with Gasteiger partial charge in [-0.05, 0) is 48.9 Å². The van der Waals surface area contributed by atoms with Gasteiger partial charge in [0.2, 0.25) is 5.88 Å². The summed E-state index contributed by atoms with van der Waals surface area (Å²) in [5.74, 6) is 2.30. The number of fused-ring (bicyclic) bond motifs is 3. The van der Waals surface area contributed by atoms with E-state index in [1.165, 1.54) is 23.2 Å². The Labute approximate surface area is 149 Å². The Morgan fingerprint density at radius 2 is 2.16 bits per heavy atom. The standard InChI is InChI=1S/C19H18N2O3S/c1-11-3-5-13-16(7-11)25-19-17(13)18(20-10-21-19)24-14-6-4-12(9-22)8-15(14)23-2/h4,6,8-11H,3,5,7H2,1-2H3/t11-/m1/s1. The molecule has 25 heavy (non-hydrogen) atoms. The predicted octanol–water partition coefficient (Wildman–Crippen LogP) is 4.43. The van der Waals surface area contributed by atoms with Crippen molar-refractivity contribution in [2.24, 2.45) is 5.92 Å². The van der Waals surface area contributed by atoms with Gasteiger partial charge in [0.25, 0.3) is 0 Å². The van der Waals surface area contributed by atoms with Crippen molar-refractivity contribution < 1.29 is 14.3 Å². The van der Waals surface area contributed by atoms with Crippen LogP contribution in [0.15, 0.2) is 24.5 Å². The number of methoxy groups -OCH3 is 1. The number of hydrogen-bond donors (Lipinski definition) is 0. The van der Waals surface area contributed by atoms with Crippen molar-refractivity contribution in [2.45, 2.75) is 26.2 Å². The molecule has 6 heteroatoms. The summed E-state index contributed by atoms with van der Waals surface area (Å²) in [6.45, 7) is 2.29. The number of aryl methyl sites for hydroxylation is 1. The molecule has 1 aliphatic rings. The fraction of sp³-hybridized carbons (Fsp3) is 0.316. The van der Waals surface area contributed by atoms with E-state index in [-0.39, 0.29) is 0 Å². The Balaban J connectivity index is 1.79. The van der Waals surface area contributed by atoms with Crippen LogP contribution >= 0.6 is 11.3 Å². The lowest BCUT2D eigenvalue weighted by Gasteiger charge is -2.18. The highest BCUT2D eigenvalue weighted by Crippen LogP contribution is 2.42. The van der Waals surface area contributed by atoms with Crippen LogP contribution in [0.1, 0.15) is 34.1 Å². The van der Waals surface area contributed by atoms with Crippen molar-refractivity contribution in [3.63, 3.8) is 0 Å². The van der Waals surface area contributed by atoms with Crippen LogP contribution in [0.25, 0.3) is 10.2 Å². The van der Waals surface area contributed by atoms with Crippen molar-refractivity contribution in [2.75, 3.05) is 7.11 Å². The van der Waals surface area contributed by atoms with Crippen molar-refractivity contribution in [1.29, 1.82) is 0 Å². The van der Waals surface area contributed by atoms with E-state index in [1.54, 1.807) is 36.6 Å². The molecule has 4 rings (SSSR count). The van der Waals surface area contributed by atoms with Crippen LogP contribution in [0.3, 0.4) is 0 Å². The molecule has 5 nitrogen and oxygen atoms in total. The van der Waals surface area contributed by atoms with Crippen LogP contribution in [0.4, 0.5) is 0 Å². The second-order valence-electron chi connectivity index (χ2n) is 6.34. The number of aldehydes is 1. The third-order valence-electron chi connectivity index (χ3n) is 4.59. The maximum absolute atomic E-state index is 11.0. The Morgan fingerprint density at radius 1 is 1.28 bits per heavy atom. The van der Waals surface area contributed by atoms with Gasteiger partial charge < -0.3 is 9.47 Å². The Hall–Kier alpha value is -2.47. The molecule has 3 aromatic rings. The number of carbonyl (C=O) groups excluding carboxylic acids is 1. The molecule has 0 spiro atoms. The highest BCUT2D eigenvalue weighted by molar-refractivity contribution is 7.18. The van der Waals surface area contributed by atoms with Gasteiger partial charge in [-0.15, -0.1) is 11.3 Å². The van der Waals surface area contributed by atoms with Gasteiger partial charge in [0, 0.05) is 10.4 Å². The molecule has 0 saturated heterocycles. The van der Waals surface area contributed by atoms with Crippen LogP contribution in [-0.4, -0.2) is 23.4 Å². The maximum atomic E-state index is 11.0. The van der Waals surface area contributed by atoms with Crippen molar-refractivity contribution in [3.05, 3.63) is 40.5 Å². The normalized spacial score (nSPS) is 16.5. The van der Waals surface area contributed by atoms with Gasteiger partial charge in [-0.2, -0.15) is 0 Å². The summed E-state index contributed by atoms with van der Waals surface area (Å²) < 4.78 is 11.4. The van der Waals surface area contributed by atoms with E-state index in [4.69, 9.17) is 9.47 Å². The Kier molecular flexibility index (Phi) is 4.13. The summed E-state index contributed by atoms with van der Waals surface area (Å²) in [5.41, 5.74) is 1.86. The zero-order chi connectivity index (χ0) is 17.4. The number of thiophene rings is 1. The molecule has 1 aliphatic carbocycles. The lowest BCUT2D eigenvalue weighted by Crippen LogP contribution is -2.08. The number of hydrogen-bond acceptors (Lipinski definition) is 6. The molecular formula is C19H18N2O3S. The zero-order valence-electron chi connectivity index (χ0n) is 14.1. The number of carbonyl (C=O) groups is 1. The molecule has 0 saturated carbocycles. The number of rotatable bonds is 4. The van der Waals surface area contributed by atoms with Crippen LogP contribution in [-0.2, 0) is 12.8 Å². The molecule has 0 N–H and O–H groups in total. The van der Waals surface area contributed by atoms with Gasteiger partial charge in [0.1, 0.15) is 17.4 Å². The predicted molar refractivity (Wildman–Crippen MR) is 97.1 cm³/mol. The molecule has 0 fully saturated rings. The number of aromatic nitrogens is 2. The molecule has 0 bridgehead atoms. The monoisotopic (exact) mass is 354 g/mol. The lowest BCUT2D eigenvalue weighted by atomic mass is 9.89.